The van der Waals surface area contributed by atoms with E-state index in [1.807, 2.05) is 18.5 Å². The zero-order valence-electron chi connectivity index (χ0n) is 11.8. The van der Waals surface area contributed by atoms with Crippen LogP contribution in [0.3, 0.4) is 0 Å². The second kappa shape index (κ2) is 6.65. The molecule has 0 aliphatic carbocycles. The summed E-state index contributed by atoms with van der Waals surface area (Å²) in [7, 11) is 1.91. The first-order valence-corrected chi connectivity index (χ1v) is 7.03. The number of nitrogens with zero attached hydrogens (tertiary/aromatic N) is 4. The highest BCUT2D eigenvalue weighted by Gasteiger charge is 2.22. The molecule has 0 aromatic carbocycles. The molecule has 19 heavy (non-hydrogen) atoms. The van der Waals surface area contributed by atoms with E-state index >= 15 is 0 Å². The minimum atomic E-state index is -0.0280. The highest BCUT2D eigenvalue weighted by molar-refractivity contribution is 5.81. The fourth-order valence-electron chi connectivity index (χ4n) is 2.45. The van der Waals surface area contributed by atoms with Crippen molar-refractivity contribution in [3.8, 4) is 0 Å². The topological polar surface area (TPSA) is 63.1 Å². The lowest BCUT2D eigenvalue weighted by Gasteiger charge is -2.31. The van der Waals surface area contributed by atoms with Crippen molar-refractivity contribution in [1.29, 1.82) is 0 Å². The number of amides is 1. The molecule has 0 saturated carbocycles. The van der Waals surface area contributed by atoms with Gasteiger partial charge in [0.15, 0.2) is 0 Å². The van der Waals surface area contributed by atoms with Crippen LogP contribution in [0.4, 0.5) is 0 Å². The Labute approximate surface area is 114 Å². The van der Waals surface area contributed by atoms with Crippen LogP contribution >= 0.6 is 0 Å². The molecule has 0 bridgehead atoms. The third-order valence-electron chi connectivity index (χ3n) is 3.77. The van der Waals surface area contributed by atoms with Crippen LogP contribution in [-0.2, 0) is 18.3 Å². The van der Waals surface area contributed by atoms with Crippen molar-refractivity contribution < 1.29 is 4.79 Å². The summed E-state index contributed by atoms with van der Waals surface area (Å²) in [5, 5.41) is 10.8. The van der Waals surface area contributed by atoms with Gasteiger partial charge in [0.1, 0.15) is 12.2 Å². The zero-order chi connectivity index (χ0) is 13.7. The van der Waals surface area contributed by atoms with Crippen LogP contribution < -0.4 is 5.32 Å². The molecule has 0 radical (unpaired) electrons. The summed E-state index contributed by atoms with van der Waals surface area (Å²) in [5.41, 5.74) is 0. The predicted octanol–water partition coefficient (Wildman–Crippen LogP) is 0.348. The standard InChI is InChI=1S/C13H23N5O/c1-11(18-8-4-3-5-9-18)13(19)14-7-6-12-16-15-10-17(12)2/h10-11H,3-9H2,1-2H3,(H,14,19)/t11-/m1/s1. The number of hydrogen-bond acceptors (Lipinski definition) is 4. The summed E-state index contributed by atoms with van der Waals surface area (Å²) in [6, 6.07) is -0.0280. The van der Waals surface area contributed by atoms with Crippen molar-refractivity contribution in [2.24, 2.45) is 7.05 Å². The maximum absolute atomic E-state index is 12.1. The van der Waals surface area contributed by atoms with Gasteiger partial charge in [-0.3, -0.25) is 9.69 Å². The number of nitrogens with one attached hydrogen (secondary N) is 1. The van der Waals surface area contributed by atoms with Gasteiger partial charge in [-0.05, 0) is 32.9 Å². The average Bonchev–Trinajstić information content (AvgIpc) is 2.84. The Morgan fingerprint density at radius 1 is 1.42 bits per heavy atom. The smallest absolute Gasteiger partial charge is 0.237 e. The molecule has 1 saturated heterocycles. The first kappa shape index (κ1) is 14.0. The van der Waals surface area contributed by atoms with Crippen molar-refractivity contribution in [1.82, 2.24) is 25.0 Å². The molecule has 6 nitrogen and oxygen atoms in total. The van der Waals surface area contributed by atoms with Crippen molar-refractivity contribution in [3.05, 3.63) is 12.2 Å². The molecule has 1 aliphatic heterocycles. The van der Waals surface area contributed by atoms with Crippen LogP contribution in [0.25, 0.3) is 0 Å². The second-order valence-electron chi connectivity index (χ2n) is 5.17. The van der Waals surface area contributed by atoms with E-state index in [9.17, 15) is 4.79 Å². The van der Waals surface area contributed by atoms with Crippen molar-refractivity contribution in [2.75, 3.05) is 19.6 Å². The molecule has 1 fully saturated rings. The fraction of sp³-hybridized carbons (Fsp3) is 0.769. The summed E-state index contributed by atoms with van der Waals surface area (Å²) >= 11 is 0. The van der Waals surface area contributed by atoms with Crippen LogP contribution in [0.2, 0.25) is 0 Å². The normalized spacial score (nSPS) is 18.2. The molecule has 1 aromatic rings. The number of rotatable bonds is 5. The number of carbonyl (C=O) groups excluding carboxylic acids is 1. The quantitative estimate of drug-likeness (QED) is 0.834. The molecular weight excluding hydrogens is 242 g/mol. The molecule has 0 spiro atoms. The minimum Gasteiger partial charge on any atom is -0.354 e. The van der Waals surface area contributed by atoms with Crippen LogP contribution in [-0.4, -0.2) is 51.2 Å². The molecule has 1 atom stereocenters. The Morgan fingerprint density at radius 3 is 2.79 bits per heavy atom. The molecule has 106 valence electrons. The lowest BCUT2D eigenvalue weighted by atomic mass is 10.1. The molecule has 6 heteroatoms. The SMILES string of the molecule is C[C@H](C(=O)NCCc1nncn1C)N1CCCCC1. The predicted molar refractivity (Wildman–Crippen MR) is 72.6 cm³/mol. The number of hydrogen-bond donors (Lipinski definition) is 1. The minimum absolute atomic E-state index is 0.0280. The summed E-state index contributed by atoms with van der Waals surface area (Å²) in [6.07, 6.45) is 6.09. The molecule has 2 rings (SSSR count). The van der Waals surface area contributed by atoms with Gasteiger partial charge in [-0.15, -0.1) is 10.2 Å². The molecule has 2 heterocycles. The van der Waals surface area contributed by atoms with Gasteiger partial charge in [-0.2, -0.15) is 0 Å². The van der Waals surface area contributed by atoms with Crippen LogP contribution in [0.5, 0.6) is 0 Å². The van der Waals surface area contributed by atoms with Gasteiger partial charge in [-0.25, -0.2) is 0 Å². The van der Waals surface area contributed by atoms with E-state index in [1.54, 1.807) is 6.33 Å². The highest BCUT2D eigenvalue weighted by Crippen LogP contribution is 2.11. The molecule has 1 N–H and O–H groups in total. The van der Waals surface area contributed by atoms with Gasteiger partial charge in [0.25, 0.3) is 0 Å². The second-order valence-corrected chi connectivity index (χ2v) is 5.17. The van der Waals surface area contributed by atoms with E-state index in [0.29, 0.717) is 6.54 Å². The van der Waals surface area contributed by atoms with Crippen LogP contribution in [0.15, 0.2) is 6.33 Å². The van der Waals surface area contributed by atoms with E-state index in [1.165, 1.54) is 19.3 Å². The summed E-state index contributed by atoms with van der Waals surface area (Å²) < 4.78 is 1.88. The Hall–Kier alpha value is -1.43. The summed E-state index contributed by atoms with van der Waals surface area (Å²) in [4.78, 5) is 14.3. The van der Waals surface area contributed by atoms with Gasteiger partial charge in [-0.1, -0.05) is 6.42 Å². The Bertz CT molecular complexity index is 411. The molecule has 0 unspecified atom stereocenters. The maximum Gasteiger partial charge on any atom is 0.237 e. The Morgan fingerprint density at radius 2 is 2.16 bits per heavy atom. The van der Waals surface area contributed by atoms with E-state index in [-0.39, 0.29) is 11.9 Å². The Balaban J connectivity index is 1.73. The monoisotopic (exact) mass is 265 g/mol. The van der Waals surface area contributed by atoms with E-state index in [0.717, 1.165) is 25.3 Å². The van der Waals surface area contributed by atoms with Gasteiger partial charge >= 0.3 is 0 Å². The summed E-state index contributed by atoms with van der Waals surface area (Å²) in [6.45, 7) is 4.68. The largest absolute Gasteiger partial charge is 0.354 e. The number of aryl methyl sites for hydroxylation is 1. The fourth-order valence-corrected chi connectivity index (χ4v) is 2.45. The van der Waals surface area contributed by atoms with E-state index in [2.05, 4.69) is 20.4 Å². The van der Waals surface area contributed by atoms with Crippen molar-refractivity contribution in [2.45, 2.75) is 38.6 Å². The molecule has 1 amide bonds. The highest BCUT2D eigenvalue weighted by atomic mass is 16.2. The zero-order valence-corrected chi connectivity index (χ0v) is 11.8. The number of aromatic nitrogens is 3. The first-order chi connectivity index (χ1) is 9.18. The van der Waals surface area contributed by atoms with Crippen molar-refractivity contribution in [3.63, 3.8) is 0 Å². The van der Waals surface area contributed by atoms with Crippen LogP contribution in [0, 0.1) is 0 Å². The first-order valence-electron chi connectivity index (χ1n) is 7.03. The van der Waals surface area contributed by atoms with Crippen LogP contribution in [0.1, 0.15) is 32.0 Å². The van der Waals surface area contributed by atoms with Gasteiger partial charge in [0, 0.05) is 20.0 Å². The lowest BCUT2D eigenvalue weighted by molar-refractivity contribution is -0.126. The number of carbonyl (C=O) groups is 1. The third-order valence-corrected chi connectivity index (χ3v) is 3.77. The average molecular weight is 265 g/mol. The molecule has 1 aromatic heterocycles. The third kappa shape index (κ3) is 3.76. The van der Waals surface area contributed by atoms with Gasteiger partial charge < -0.3 is 9.88 Å². The maximum atomic E-state index is 12.1. The van der Waals surface area contributed by atoms with Gasteiger partial charge in [0.2, 0.25) is 5.91 Å². The summed E-state index contributed by atoms with van der Waals surface area (Å²) in [5.74, 6) is 1.01. The van der Waals surface area contributed by atoms with E-state index < -0.39 is 0 Å². The lowest BCUT2D eigenvalue weighted by Crippen LogP contribution is -2.47. The number of piperidine rings is 1. The molecule has 1 aliphatic rings. The Kier molecular flexibility index (Phi) is 4.90. The molecular formula is C13H23N5O. The van der Waals surface area contributed by atoms with Gasteiger partial charge in [0.05, 0.1) is 6.04 Å². The number of likely N-dealkylation sites (tertiary alicyclic amines) is 1. The van der Waals surface area contributed by atoms with Crippen molar-refractivity contribution >= 4 is 5.91 Å². The van der Waals surface area contributed by atoms with E-state index in [4.69, 9.17) is 0 Å².